The number of piperazine rings is 1. The number of hydrogen-bond acceptors (Lipinski definition) is 5. The van der Waals surface area contributed by atoms with Crippen molar-refractivity contribution >= 4 is 17.4 Å². The predicted molar refractivity (Wildman–Crippen MR) is 93.0 cm³/mol. The number of nitro groups is 1. The summed E-state index contributed by atoms with van der Waals surface area (Å²) in [5, 5.41) is 11.1. The van der Waals surface area contributed by atoms with Crippen LogP contribution >= 0.6 is 0 Å². The smallest absolute Gasteiger partial charge is 0.311 e. The van der Waals surface area contributed by atoms with Crippen LogP contribution in [0.15, 0.2) is 42.6 Å². The van der Waals surface area contributed by atoms with E-state index in [1.807, 2.05) is 0 Å². The second-order valence-electron chi connectivity index (χ2n) is 5.61. The molecule has 0 N–H and O–H groups in total. The van der Waals surface area contributed by atoms with Crippen molar-refractivity contribution in [1.29, 1.82) is 0 Å². The number of hydrogen-bond donors (Lipinski definition) is 0. The van der Waals surface area contributed by atoms with Crippen LogP contribution in [0.5, 0.6) is 0 Å². The third-order valence-corrected chi connectivity index (χ3v) is 4.01. The van der Waals surface area contributed by atoms with Crippen LogP contribution in [0, 0.1) is 27.8 Å². The zero-order chi connectivity index (χ0) is 18.5. The average Bonchev–Trinajstić information content (AvgIpc) is 2.67. The molecule has 0 atom stereocenters. The van der Waals surface area contributed by atoms with Crippen LogP contribution in [0.1, 0.15) is 5.56 Å². The standard InChI is InChI=1S/C18H15FN4O3/c19-15-5-2-1-4-14(15)7-8-17(24)21-10-12-22(13-11-21)18-16(23(25)26)6-3-9-20-18/h1-6,9H,10-13H2. The van der Waals surface area contributed by atoms with E-state index in [4.69, 9.17) is 0 Å². The molecule has 8 heteroatoms. The first-order chi connectivity index (χ1) is 12.6. The maximum Gasteiger partial charge on any atom is 0.311 e. The van der Waals surface area contributed by atoms with Gasteiger partial charge < -0.3 is 9.80 Å². The van der Waals surface area contributed by atoms with Crippen LogP contribution in [-0.4, -0.2) is 46.9 Å². The van der Waals surface area contributed by atoms with Crippen LogP contribution in [-0.2, 0) is 4.79 Å². The van der Waals surface area contributed by atoms with Crippen molar-refractivity contribution in [3.8, 4) is 11.8 Å². The number of anilines is 1. The fourth-order valence-corrected chi connectivity index (χ4v) is 2.66. The van der Waals surface area contributed by atoms with E-state index in [-0.39, 0.29) is 11.3 Å². The van der Waals surface area contributed by atoms with Crippen molar-refractivity contribution in [3.63, 3.8) is 0 Å². The van der Waals surface area contributed by atoms with E-state index in [9.17, 15) is 19.3 Å². The number of amides is 1. The van der Waals surface area contributed by atoms with Crippen molar-refractivity contribution in [2.45, 2.75) is 0 Å². The van der Waals surface area contributed by atoms with Crippen LogP contribution in [0.25, 0.3) is 0 Å². The molecule has 0 saturated carbocycles. The largest absolute Gasteiger partial charge is 0.347 e. The van der Waals surface area contributed by atoms with Crippen LogP contribution in [0.4, 0.5) is 15.9 Å². The van der Waals surface area contributed by atoms with Gasteiger partial charge in [0.05, 0.1) is 10.5 Å². The van der Waals surface area contributed by atoms with Crippen LogP contribution in [0.2, 0.25) is 0 Å². The molecule has 132 valence electrons. The van der Waals surface area contributed by atoms with Gasteiger partial charge in [-0.1, -0.05) is 18.1 Å². The highest BCUT2D eigenvalue weighted by Gasteiger charge is 2.26. The Morgan fingerprint density at radius 3 is 2.58 bits per heavy atom. The average molecular weight is 354 g/mol. The van der Waals surface area contributed by atoms with E-state index < -0.39 is 16.6 Å². The first-order valence-corrected chi connectivity index (χ1v) is 7.96. The molecule has 1 aliphatic heterocycles. The highest BCUT2D eigenvalue weighted by atomic mass is 19.1. The first-order valence-electron chi connectivity index (χ1n) is 7.96. The number of nitrogens with zero attached hydrogens (tertiary/aromatic N) is 4. The van der Waals surface area contributed by atoms with Crippen molar-refractivity contribution in [1.82, 2.24) is 9.88 Å². The number of rotatable bonds is 2. The molecule has 1 aromatic carbocycles. The fraction of sp³-hybridized carbons (Fsp3) is 0.222. The second-order valence-corrected chi connectivity index (χ2v) is 5.61. The van der Waals surface area contributed by atoms with Crippen molar-refractivity contribution in [3.05, 3.63) is 64.1 Å². The molecule has 1 saturated heterocycles. The minimum atomic E-state index is -0.472. The molecule has 1 fully saturated rings. The number of carbonyl (C=O) groups excluding carboxylic acids is 1. The highest BCUT2D eigenvalue weighted by molar-refractivity contribution is 5.94. The SMILES string of the molecule is O=C(C#Cc1ccccc1F)N1CCN(c2ncccc2[N+](=O)[O-])CC1. The van der Waals surface area contributed by atoms with Gasteiger partial charge in [-0.3, -0.25) is 14.9 Å². The Morgan fingerprint density at radius 1 is 1.15 bits per heavy atom. The molecule has 3 rings (SSSR count). The van der Waals surface area contributed by atoms with E-state index in [1.165, 1.54) is 30.5 Å². The van der Waals surface area contributed by atoms with Crippen LogP contribution < -0.4 is 4.90 Å². The molecule has 1 aromatic heterocycles. The normalized spacial score (nSPS) is 13.7. The lowest BCUT2D eigenvalue weighted by Crippen LogP contribution is -2.48. The molecular formula is C18H15FN4O3. The van der Waals surface area contributed by atoms with Gasteiger partial charge in [-0.15, -0.1) is 0 Å². The maximum atomic E-state index is 13.5. The van der Waals surface area contributed by atoms with Gasteiger partial charge in [0.15, 0.2) is 0 Å². The number of halogens is 1. The van der Waals surface area contributed by atoms with E-state index in [2.05, 4.69) is 16.8 Å². The van der Waals surface area contributed by atoms with Gasteiger partial charge in [0.25, 0.3) is 5.91 Å². The highest BCUT2D eigenvalue weighted by Crippen LogP contribution is 2.25. The molecule has 1 aliphatic rings. The fourth-order valence-electron chi connectivity index (χ4n) is 2.66. The molecule has 1 amide bonds. The van der Waals surface area contributed by atoms with Gasteiger partial charge >= 0.3 is 5.69 Å². The quantitative estimate of drug-likeness (QED) is 0.467. The Bertz CT molecular complexity index is 899. The molecule has 0 aliphatic carbocycles. The zero-order valence-electron chi connectivity index (χ0n) is 13.8. The van der Waals surface area contributed by atoms with E-state index in [0.717, 1.165) is 0 Å². The van der Waals surface area contributed by atoms with Gasteiger partial charge in [0, 0.05) is 44.4 Å². The molecule has 0 bridgehead atoms. The summed E-state index contributed by atoms with van der Waals surface area (Å²) in [5.41, 5.74) is 0.107. The summed E-state index contributed by atoms with van der Waals surface area (Å²) in [6.07, 6.45) is 1.50. The Morgan fingerprint density at radius 2 is 1.88 bits per heavy atom. The maximum absolute atomic E-state index is 13.5. The number of pyridine rings is 1. The summed E-state index contributed by atoms with van der Waals surface area (Å²) in [5.74, 6) is 4.42. The Balaban J connectivity index is 1.65. The molecule has 0 unspecified atom stereocenters. The van der Waals surface area contributed by atoms with E-state index in [0.29, 0.717) is 32.0 Å². The minimum absolute atomic E-state index is 0.0633. The predicted octanol–water partition coefficient (Wildman–Crippen LogP) is 1.83. The van der Waals surface area contributed by atoms with Gasteiger partial charge in [-0.2, -0.15) is 0 Å². The molecule has 26 heavy (non-hydrogen) atoms. The molecule has 0 spiro atoms. The van der Waals surface area contributed by atoms with Gasteiger partial charge in [-0.25, -0.2) is 9.37 Å². The Labute approximate surface area is 149 Å². The lowest BCUT2D eigenvalue weighted by Gasteiger charge is -2.34. The summed E-state index contributed by atoms with van der Waals surface area (Å²) >= 11 is 0. The number of benzene rings is 1. The Hall–Kier alpha value is -3.47. The van der Waals surface area contributed by atoms with Crippen molar-refractivity contribution in [2.75, 3.05) is 31.1 Å². The minimum Gasteiger partial charge on any atom is -0.347 e. The third kappa shape index (κ3) is 3.78. The third-order valence-electron chi connectivity index (χ3n) is 4.01. The van der Waals surface area contributed by atoms with Crippen molar-refractivity contribution in [2.24, 2.45) is 0 Å². The topological polar surface area (TPSA) is 79.6 Å². The van der Waals surface area contributed by atoms with Crippen LogP contribution in [0.3, 0.4) is 0 Å². The summed E-state index contributed by atoms with van der Waals surface area (Å²) in [7, 11) is 0. The molecule has 0 radical (unpaired) electrons. The monoisotopic (exact) mass is 354 g/mol. The molecule has 2 aromatic rings. The lowest BCUT2D eigenvalue weighted by molar-refractivity contribution is -0.384. The molecule has 2 heterocycles. The molecule has 7 nitrogen and oxygen atoms in total. The summed E-state index contributed by atoms with van der Waals surface area (Å²) in [4.78, 5) is 30.2. The second kappa shape index (κ2) is 7.61. The van der Waals surface area contributed by atoms with Gasteiger partial charge in [0.2, 0.25) is 5.82 Å². The first kappa shape index (κ1) is 17.4. The zero-order valence-corrected chi connectivity index (χ0v) is 13.8. The summed E-state index contributed by atoms with van der Waals surface area (Å²) in [6, 6.07) is 8.91. The molecular weight excluding hydrogens is 339 g/mol. The van der Waals surface area contributed by atoms with Gasteiger partial charge in [-0.05, 0) is 18.2 Å². The summed E-state index contributed by atoms with van der Waals surface area (Å²) in [6.45, 7) is 1.53. The number of carbonyl (C=O) groups is 1. The van der Waals surface area contributed by atoms with E-state index >= 15 is 0 Å². The van der Waals surface area contributed by atoms with E-state index in [1.54, 1.807) is 21.9 Å². The van der Waals surface area contributed by atoms with Gasteiger partial charge in [0.1, 0.15) is 5.82 Å². The Kier molecular flexibility index (Phi) is 5.08. The van der Waals surface area contributed by atoms with Crippen molar-refractivity contribution < 1.29 is 14.1 Å². The lowest BCUT2D eigenvalue weighted by atomic mass is 10.2. The number of aromatic nitrogens is 1. The summed E-state index contributed by atoms with van der Waals surface area (Å²) < 4.78 is 13.5.